The van der Waals surface area contributed by atoms with E-state index in [0.29, 0.717) is 23.7 Å². The van der Waals surface area contributed by atoms with Crippen molar-refractivity contribution in [2.24, 2.45) is 0 Å². The van der Waals surface area contributed by atoms with Gasteiger partial charge in [0.2, 0.25) is 0 Å². The van der Waals surface area contributed by atoms with Crippen molar-refractivity contribution in [3.05, 3.63) is 29.3 Å². The highest BCUT2D eigenvalue weighted by atomic mass is 32.1. The smallest absolute Gasteiger partial charge is 0.374 e. The molecule has 1 aromatic carbocycles. The van der Waals surface area contributed by atoms with Crippen molar-refractivity contribution in [3.8, 4) is 11.4 Å². The molecule has 1 heterocycles. The van der Waals surface area contributed by atoms with E-state index in [9.17, 15) is 22.0 Å². The maximum absolute atomic E-state index is 13.6. The molecular weight excluding hydrogens is 277 g/mol. The number of aromatic nitrogens is 2. The molecule has 3 nitrogen and oxygen atoms in total. The van der Waals surface area contributed by atoms with E-state index in [2.05, 4.69) is 9.36 Å². The van der Waals surface area contributed by atoms with Crippen LogP contribution in [-0.4, -0.2) is 9.36 Å². The number of halogens is 5. The molecule has 2 rings (SSSR count). The lowest BCUT2D eigenvalue weighted by molar-refractivity contribution is -0.139. The van der Waals surface area contributed by atoms with Crippen LogP contribution >= 0.6 is 11.5 Å². The van der Waals surface area contributed by atoms with Crippen molar-refractivity contribution in [1.29, 1.82) is 0 Å². The van der Waals surface area contributed by atoms with Crippen molar-refractivity contribution in [2.75, 3.05) is 5.73 Å². The van der Waals surface area contributed by atoms with Gasteiger partial charge in [-0.3, -0.25) is 0 Å². The van der Waals surface area contributed by atoms with E-state index in [1.807, 2.05) is 0 Å². The van der Waals surface area contributed by atoms with Gasteiger partial charge in [0.25, 0.3) is 0 Å². The zero-order valence-corrected chi connectivity index (χ0v) is 9.24. The highest BCUT2D eigenvalue weighted by Gasteiger charge is 2.36. The summed E-state index contributed by atoms with van der Waals surface area (Å²) in [7, 11) is 0. The first-order chi connectivity index (χ1) is 8.30. The van der Waals surface area contributed by atoms with Crippen LogP contribution in [0.2, 0.25) is 0 Å². The predicted molar refractivity (Wildman–Crippen MR) is 54.7 cm³/mol. The third-order valence-electron chi connectivity index (χ3n) is 2.06. The number of hydrogen-bond donors (Lipinski definition) is 1. The van der Waals surface area contributed by atoms with Gasteiger partial charge in [-0.25, -0.2) is 8.78 Å². The number of alkyl halides is 3. The summed E-state index contributed by atoms with van der Waals surface area (Å²) in [6.45, 7) is 0. The predicted octanol–water partition coefficient (Wildman–Crippen LogP) is 3.08. The second kappa shape index (κ2) is 4.16. The molecule has 18 heavy (non-hydrogen) atoms. The zero-order valence-electron chi connectivity index (χ0n) is 8.42. The number of rotatable bonds is 1. The summed E-state index contributed by atoms with van der Waals surface area (Å²) in [6, 6.07) is 0.836. The Morgan fingerprint density at radius 2 is 1.83 bits per heavy atom. The Labute approximate surface area is 101 Å². The summed E-state index contributed by atoms with van der Waals surface area (Å²) in [5.74, 6) is -3.43. The standard InChI is InChI=1S/C9H4F5N3S/c10-4-2-1-3(9(12,13)14)6(11)5(4)7-16-8(15)18-17-7/h1-2H,(H2,15,16,17). The lowest BCUT2D eigenvalue weighted by Crippen LogP contribution is -2.10. The minimum Gasteiger partial charge on any atom is -0.374 e. The summed E-state index contributed by atoms with van der Waals surface area (Å²) in [5, 5.41) is -0.0961. The van der Waals surface area contributed by atoms with Crippen molar-refractivity contribution < 1.29 is 22.0 Å². The number of nitrogens with two attached hydrogens (primary N) is 1. The van der Waals surface area contributed by atoms with E-state index < -0.39 is 34.8 Å². The number of nitrogen functional groups attached to an aromatic ring is 1. The minimum absolute atomic E-state index is 0.0961. The first-order valence-corrected chi connectivity index (χ1v) is 5.23. The minimum atomic E-state index is -4.92. The average molecular weight is 281 g/mol. The molecule has 2 N–H and O–H groups in total. The average Bonchev–Trinajstić information content (AvgIpc) is 2.62. The molecule has 0 aliphatic heterocycles. The Kier molecular flexibility index (Phi) is 2.93. The van der Waals surface area contributed by atoms with Crippen LogP contribution in [0, 0.1) is 11.6 Å². The summed E-state index contributed by atoms with van der Waals surface area (Å²) in [4.78, 5) is 3.46. The van der Waals surface area contributed by atoms with Gasteiger partial charge in [-0.15, -0.1) is 0 Å². The molecule has 96 valence electrons. The fourth-order valence-corrected chi connectivity index (χ4v) is 1.75. The van der Waals surface area contributed by atoms with Crippen LogP contribution in [0.1, 0.15) is 5.56 Å². The maximum atomic E-state index is 13.6. The molecule has 9 heteroatoms. The van der Waals surface area contributed by atoms with Gasteiger partial charge >= 0.3 is 6.18 Å². The molecule has 0 aliphatic rings. The Balaban J connectivity index is 2.67. The van der Waals surface area contributed by atoms with Gasteiger partial charge in [0.15, 0.2) is 11.0 Å². The van der Waals surface area contributed by atoms with E-state index >= 15 is 0 Å². The molecule has 0 fully saturated rings. The van der Waals surface area contributed by atoms with Crippen LogP contribution in [-0.2, 0) is 6.18 Å². The molecule has 0 spiro atoms. The molecule has 0 atom stereocenters. The lowest BCUT2D eigenvalue weighted by Gasteiger charge is -2.10. The largest absolute Gasteiger partial charge is 0.419 e. The van der Waals surface area contributed by atoms with Gasteiger partial charge in [-0.2, -0.15) is 22.5 Å². The number of anilines is 1. The third kappa shape index (κ3) is 2.13. The summed E-state index contributed by atoms with van der Waals surface area (Å²) < 4.78 is 67.9. The summed E-state index contributed by atoms with van der Waals surface area (Å²) >= 11 is 0.632. The van der Waals surface area contributed by atoms with E-state index in [0.717, 1.165) is 0 Å². The molecule has 0 radical (unpaired) electrons. The van der Waals surface area contributed by atoms with Gasteiger partial charge in [0.1, 0.15) is 11.6 Å². The molecule has 0 amide bonds. The Morgan fingerprint density at radius 3 is 2.33 bits per heavy atom. The molecule has 0 saturated carbocycles. The van der Waals surface area contributed by atoms with Crippen molar-refractivity contribution in [2.45, 2.75) is 6.18 Å². The highest BCUT2D eigenvalue weighted by Crippen LogP contribution is 2.36. The fourth-order valence-electron chi connectivity index (χ4n) is 1.31. The SMILES string of the molecule is Nc1nc(-c2c(F)ccc(C(F)(F)F)c2F)ns1. The van der Waals surface area contributed by atoms with Crippen LogP contribution in [0.3, 0.4) is 0 Å². The lowest BCUT2D eigenvalue weighted by atomic mass is 10.1. The molecule has 0 aliphatic carbocycles. The number of hydrogen-bond acceptors (Lipinski definition) is 4. The molecule has 0 saturated heterocycles. The van der Waals surface area contributed by atoms with Gasteiger partial charge < -0.3 is 5.73 Å². The first kappa shape index (κ1) is 12.7. The van der Waals surface area contributed by atoms with Crippen LogP contribution in [0.25, 0.3) is 11.4 Å². The number of benzene rings is 1. The Morgan fingerprint density at radius 1 is 1.17 bits per heavy atom. The van der Waals surface area contributed by atoms with Crippen molar-refractivity contribution in [3.63, 3.8) is 0 Å². The molecule has 2 aromatic rings. The summed E-state index contributed by atoms with van der Waals surface area (Å²) in [5.41, 5.74) is 2.71. The fraction of sp³-hybridized carbons (Fsp3) is 0.111. The van der Waals surface area contributed by atoms with Crippen LogP contribution in [0.5, 0.6) is 0 Å². The van der Waals surface area contributed by atoms with Gasteiger partial charge in [0, 0.05) is 11.5 Å². The first-order valence-electron chi connectivity index (χ1n) is 4.45. The topological polar surface area (TPSA) is 51.8 Å². The second-order valence-electron chi connectivity index (χ2n) is 3.24. The Bertz CT molecular complexity index is 592. The number of nitrogens with zero attached hydrogens (tertiary/aromatic N) is 2. The molecule has 1 aromatic heterocycles. The van der Waals surface area contributed by atoms with Crippen molar-refractivity contribution in [1.82, 2.24) is 9.36 Å². The normalized spacial score (nSPS) is 11.8. The molecular formula is C9H4F5N3S. The van der Waals surface area contributed by atoms with E-state index in [4.69, 9.17) is 5.73 Å². The van der Waals surface area contributed by atoms with Crippen LogP contribution in [0.15, 0.2) is 12.1 Å². The van der Waals surface area contributed by atoms with Crippen LogP contribution in [0.4, 0.5) is 27.1 Å². The van der Waals surface area contributed by atoms with E-state index in [1.165, 1.54) is 0 Å². The van der Waals surface area contributed by atoms with Crippen LogP contribution < -0.4 is 5.73 Å². The summed E-state index contributed by atoms with van der Waals surface area (Å²) in [6.07, 6.45) is -4.92. The second-order valence-corrected chi connectivity index (χ2v) is 4.02. The Hall–Kier alpha value is -1.77. The van der Waals surface area contributed by atoms with Gasteiger partial charge in [-0.1, -0.05) is 0 Å². The molecule has 0 bridgehead atoms. The molecule has 0 unspecified atom stereocenters. The van der Waals surface area contributed by atoms with E-state index in [-0.39, 0.29) is 5.13 Å². The van der Waals surface area contributed by atoms with Gasteiger partial charge in [-0.05, 0) is 12.1 Å². The maximum Gasteiger partial charge on any atom is 0.419 e. The zero-order chi connectivity index (χ0) is 13.5. The quantitative estimate of drug-likeness (QED) is 0.817. The van der Waals surface area contributed by atoms with Gasteiger partial charge in [0.05, 0.1) is 11.1 Å². The monoisotopic (exact) mass is 281 g/mol. The van der Waals surface area contributed by atoms with E-state index in [1.54, 1.807) is 0 Å². The van der Waals surface area contributed by atoms with Crippen molar-refractivity contribution >= 4 is 16.7 Å². The highest BCUT2D eigenvalue weighted by molar-refractivity contribution is 7.09. The third-order valence-corrected chi connectivity index (χ3v) is 2.60.